The summed E-state index contributed by atoms with van der Waals surface area (Å²) in [7, 11) is 1.66. The van der Waals surface area contributed by atoms with Crippen molar-refractivity contribution in [1.82, 2.24) is 0 Å². The van der Waals surface area contributed by atoms with E-state index >= 15 is 0 Å². The third kappa shape index (κ3) is 8.34. The average Bonchev–Trinajstić information content (AvgIpc) is 3.03. The van der Waals surface area contributed by atoms with Gasteiger partial charge in [-0.3, -0.25) is 9.59 Å². The summed E-state index contributed by atoms with van der Waals surface area (Å²) < 4.78 is 5.15. The van der Waals surface area contributed by atoms with Gasteiger partial charge < -0.3 is 14.9 Å². The van der Waals surface area contributed by atoms with Gasteiger partial charge in [-0.05, 0) is 42.7 Å². The molecule has 1 aliphatic rings. The van der Waals surface area contributed by atoms with E-state index in [1.165, 1.54) is 0 Å². The van der Waals surface area contributed by atoms with Crippen LogP contribution in [-0.4, -0.2) is 35.2 Å². The van der Waals surface area contributed by atoms with E-state index in [1.807, 2.05) is 48.6 Å². The van der Waals surface area contributed by atoms with Crippen molar-refractivity contribution < 1.29 is 24.5 Å². The van der Waals surface area contributed by atoms with Crippen molar-refractivity contribution in [3.63, 3.8) is 0 Å². The molecule has 0 aromatic heterocycles. The number of carbonyl (C=O) groups is 2. The third-order valence-corrected chi connectivity index (χ3v) is 5.30. The smallest absolute Gasteiger partial charge is 0.303 e. The Balaban J connectivity index is 1.84. The molecule has 3 atom stereocenters. The van der Waals surface area contributed by atoms with Crippen molar-refractivity contribution in [2.75, 3.05) is 7.11 Å². The topological polar surface area (TPSA) is 83.8 Å². The van der Waals surface area contributed by atoms with Crippen LogP contribution in [0.3, 0.4) is 0 Å². The van der Waals surface area contributed by atoms with E-state index in [1.54, 1.807) is 7.11 Å². The number of benzene rings is 1. The minimum Gasteiger partial charge on any atom is -0.481 e. The standard InChI is InChI=1S/C24H32O5/c1-29-17-19-8-6-7-18(15-19)16-21(25)13-11-20-12-14-23(26)22(20)9-4-2-3-5-10-24(27)28/h2,4,6-8,11,13,15,20-22,25H,3,5,9-10,12,14,16-17H2,1H3,(H,27,28)/b4-2-,13-11+/t20-,21-,22+/m0/s1. The average molecular weight is 401 g/mol. The summed E-state index contributed by atoms with van der Waals surface area (Å²) in [5, 5.41) is 19.0. The van der Waals surface area contributed by atoms with Gasteiger partial charge in [0.15, 0.2) is 0 Å². The van der Waals surface area contributed by atoms with Gasteiger partial charge in [0.1, 0.15) is 5.78 Å². The molecule has 5 nitrogen and oxygen atoms in total. The predicted molar refractivity (Wildman–Crippen MR) is 112 cm³/mol. The van der Waals surface area contributed by atoms with E-state index in [4.69, 9.17) is 9.84 Å². The molecule has 2 rings (SSSR count). The predicted octanol–water partition coefficient (Wildman–Crippen LogP) is 4.09. The molecule has 0 heterocycles. The molecule has 2 N–H and O–H groups in total. The van der Waals surface area contributed by atoms with E-state index in [0.717, 1.165) is 17.5 Å². The fraction of sp³-hybridized carbons (Fsp3) is 0.500. The third-order valence-electron chi connectivity index (χ3n) is 5.30. The van der Waals surface area contributed by atoms with E-state index in [9.17, 15) is 14.7 Å². The summed E-state index contributed by atoms with van der Waals surface area (Å²) in [5.74, 6) is -0.394. The number of ketones is 1. The molecule has 1 aliphatic carbocycles. The van der Waals surface area contributed by atoms with Crippen molar-refractivity contribution in [1.29, 1.82) is 0 Å². The quantitative estimate of drug-likeness (QED) is 0.408. The van der Waals surface area contributed by atoms with Crippen LogP contribution in [0.4, 0.5) is 0 Å². The molecular formula is C24H32O5. The molecule has 1 fully saturated rings. The lowest BCUT2D eigenvalue weighted by Gasteiger charge is -2.14. The van der Waals surface area contributed by atoms with Gasteiger partial charge in [-0.25, -0.2) is 0 Å². The first-order valence-corrected chi connectivity index (χ1v) is 10.3. The number of carbonyl (C=O) groups excluding carboxylic acids is 1. The lowest BCUT2D eigenvalue weighted by Crippen LogP contribution is -2.14. The number of carboxylic acids is 1. The Morgan fingerprint density at radius 2 is 2.10 bits per heavy atom. The first-order valence-electron chi connectivity index (χ1n) is 10.3. The first-order chi connectivity index (χ1) is 14.0. The van der Waals surface area contributed by atoms with Crippen LogP contribution in [0.25, 0.3) is 0 Å². The van der Waals surface area contributed by atoms with E-state index in [-0.39, 0.29) is 24.0 Å². The number of allylic oxidation sites excluding steroid dienone is 3. The molecule has 0 spiro atoms. The van der Waals surface area contributed by atoms with Crippen LogP contribution in [0, 0.1) is 11.8 Å². The van der Waals surface area contributed by atoms with Crippen molar-refractivity contribution in [3.8, 4) is 0 Å². The summed E-state index contributed by atoms with van der Waals surface area (Å²) in [4.78, 5) is 22.7. The van der Waals surface area contributed by atoms with Crippen molar-refractivity contribution >= 4 is 11.8 Å². The van der Waals surface area contributed by atoms with Crippen LogP contribution in [0.1, 0.15) is 49.7 Å². The summed E-state index contributed by atoms with van der Waals surface area (Å²) in [6.45, 7) is 0.551. The number of hydrogen-bond acceptors (Lipinski definition) is 4. The highest BCUT2D eigenvalue weighted by atomic mass is 16.5. The number of Topliss-reactive ketones (excluding diaryl/α,β-unsaturated/α-hetero) is 1. The van der Waals surface area contributed by atoms with Crippen LogP contribution in [-0.2, 0) is 27.4 Å². The summed E-state index contributed by atoms with van der Waals surface area (Å²) in [6, 6.07) is 8.00. The molecule has 1 saturated carbocycles. The molecule has 0 bridgehead atoms. The Labute approximate surface area is 173 Å². The number of aliphatic hydroxyl groups excluding tert-OH is 1. The minimum absolute atomic E-state index is 0.0424. The van der Waals surface area contributed by atoms with Crippen LogP contribution in [0.15, 0.2) is 48.6 Å². The number of aliphatic hydroxyl groups is 1. The fourth-order valence-corrected chi connectivity index (χ4v) is 3.80. The normalized spacial score (nSPS) is 20.7. The van der Waals surface area contributed by atoms with Crippen molar-refractivity contribution in [2.45, 2.75) is 57.7 Å². The molecule has 1 aromatic carbocycles. The highest BCUT2D eigenvalue weighted by Crippen LogP contribution is 2.33. The highest BCUT2D eigenvalue weighted by molar-refractivity contribution is 5.83. The molecule has 5 heteroatoms. The Bertz CT molecular complexity index is 722. The van der Waals surface area contributed by atoms with Gasteiger partial charge in [-0.2, -0.15) is 0 Å². The van der Waals surface area contributed by atoms with Crippen LogP contribution >= 0.6 is 0 Å². The summed E-state index contributed by atoms with van der Waals surface area (Å²) in [5.41, 5.74) is 2.14. The molecular weight excluding hydrogens is 368 g/mol. The van der Waals surface area contributed by atoms with Crippen molar-refractivity contribution in [3.05, 3.63) is 59.7 Å². The van der Waals surface area contributed by atoms with Crippen LogP contribution < -0.4 is 0 Å². The molecule has 0 radical (unpaired) electrons. The largest absolute Gasteiger partial charge is 0.481 e. The Hall–Kier alpha value is -2.24. The SMILES string of the molecule is COCc1cccc(C[C@@H](O)/C=C/[C@H]2CCC(=O)[C@@H]2C/C=C\CCCC(=O)O)c1. The first kappa shape index (κ1) is 23.0. The molecule has 0 amide bonds. The van der Waals surface area contributed by atoms with Gasteiger partial charge in [0.2, 0.25) is 0 Å². The number of carboxylic acid groups (broad SMARTS) is 1. The number of ether oxygens (including phenoxy) is 1. The summed E-state index contributed by atoms with van der Waals surface area (Å²) in [6.07, 6.45) is 11.3. The Kier molecular flexibility index (Phi) is 9.81. The number of unbranched alkanes of at least 4 members (excludes halogenated alkanes) is 1. The molecule has 0 unspecified atom stereocenters. The number of rotatable bonds is 12. The van der Waals surface area contributed by atoms with Gasteiger partial charge in [-0.1, -0.05) is 48.6 Å². The van der Waals surface area contributed by atoms with Gasteiger partial charge in [0, 0.05) is 32.3 Å². The minimum atomic E-state index is -0.779. The summed E-state index contributed by atoms with van der Waals surface area (Å²) >= 11 is 0. The number of aliphatic carboxylic acids is 1. The van der Waals surface area contributed by atoms with E-state index in [2.05, 4.69) is 0 Å². The van der Waals surface area contributed by atoms with E-state index < -0.39 is 12.1 Å². The molecule has 158 valence electrons. The molecule has 0 saturated heterocycles. The lowest BCUT2D eigenvalue weighted by atomic mass is 9.91. The Morgan fingerprint density at radius 1 is 1.31 bits per heavy atom. The zero-order valence-corrected chi connectivity index (χ0v) is 17.1. The second-order valence-corrected chi connectivity index (χ2v) is 7.68. The van der Waals surface area contributed by atoms with Gasteiger partial charge in [0.05, 0.1) is 12.7 Å². The van der Waals surface area contributed by atoms with Crippen LogP contribution in [0.5, 0.6) is 0 Å². The van der Waals surface area contributed by atoms with Gasteiger partial charge in [-0.15, -0.1) is 0 Å². The monoisotopic (exact) mass is 400 g/mol. The maximum absolute atomic E-state index is 12.2. The maximum Gasteiger partial charge on any atom is 0.303 e. The highest BCUT2D eigenvalue weighted by Gasteiger charge is 2.31. The van der Waals surface area contributed by atoms with Gasteiger partial charge in [0.25, 0.3) is 0 Å². The maximum atomic E-state index is 12.2. The second kappa shape index (κ2) is 12.3. The van der Waals surface area contributed by atoms with Crippen molar-refractivity contribution in [2.24, 2.45) is 11.8 Å². The molecule has 1 aromatic rings. The Morgan fingerprint density at radius 3 is 2.86 bits per heavy atom. The fourth-order valence-electron chi connectivity index (χ4n) is 3.80. The van der Waals surface area contributed by atoms with E-state index in [0.29, 0.717) is 38.7 Å². The lowest BCUT2D eigenvalue weighted by molar-refractivity contribution is -0.137. The number of hydrogen-bond donors (Lipinski definition) is 2. The zero-order valence-electron chi connectivity index (χ0n) is 17.1. The molecule has 0 aliphatic heterocycles. The van der Waals surface area contributed by atoms with Gasteiger partial charge >= 0.3 is 5.97 Å². The zero-order chi connectivity index (χ0) is 21.1. The second-order valence-electron chi connectivity index (χ2n) is 7.68. The molecule has 29 heavy (non-hydrogen) atoms. The van der Waals surface area contributed by atoms with Crippen LogP contribution in [0.2, 0.25) is 0 Å². The number of methoxy groups -OCH3 is 1.